The molecule has 5 rings (SSSR count). The Kier molecular flexibility index (Phi) is 8.75. The van der Waals surface area contributed by atoms with Crippen molar-refractivity contribution in [3.63, 3.8) is 0 Å². The zero-order chi connectivity index (χ0) is 29.1. The van der Waals surface area contributed by atoms with Crippen LogP contribution < -0.4 is 17.2 Å². The first-order chi connectivity index (χ1) is 19.7. The van der Waals surface area contributed by atoms with Gasteiger partial charge in [0.25, 0.3) is 0 Å². The number of rotatable bonds is 10. The summed E-state index contributed by atoms with van der Waals surface area (Å²) < 4.78 is 22.8. The van der Waals surface area contributed by atoms with Crippen molar-refractivity contribution >= 4 is 28.6 Å². The van der Waals surface area contributed by atoms with E-state index < -0.39 is 11.5 Å². The number of guanidine groups is 1. The van der Waals surface area contributed by atoms with Crippen molar-refractivity contribution in [2.45, 2.75) is 64.6 Å². The molecule has 10 heteroatoms. The summed E-state index contributed by atoms with van der Waals surface area (Å²) in [4.78, 5) is 24.3. The number of aryl methyl sites for hydroxylation is 1. The molecule has 0 unspecified atom stereocenters. The van der Waals surface area contributed by atoms with Crippen molar-refractivity contribution in [1.29, 1.82) is 0 Å². The number of hydrogen-bond donors (Lipinski definition) is 3. The molecule has 4 aromatic rings. The number of nitrogens with two attached hydrogens (primary N) is 2. The van der Waals surface area contributed by atoms with E-state index in [1.165, 1.54) is 4.57 Å². The SMILES string of the molecule is CC(C)CCCc1cc(Cl)c(F)c(-c2cc3cn(-c4ccc([C@H]5CC[C@@H](CCN=C(N)N)O5)cc4)c(=O)nc3[nH]2)c1. The fourth-order valence-corrected chi connectivity index (χ4v) is 5.62. The lowest BCUT2D eigenvalue weighted by Crippen LogP contribution is -2.23. The second kappa shape index (κ2) is 12.4. The van der Waals surface area contributed by atoms with Crippen LogP contribution in [-0.4, -0.2) is 33.1 Å². The lowest BCUT2D eigenvalue weighted by Gasteiger charge is -2.14. The molecule has 0 bridgehead atoms. The number of nitrogens with one attached hydrogen (secondary N) is 1. The highest BCUT2D eigenvalue weighted by molar-refractivity contribution is 6.31. The highest BCUT2D eigenvalue weighted by Crippen LogP contribution is 2.35. The second-order valence-corrected chi connectivity index (χ2v) is 11.5. The van der Waals surface area contributed by atoms with E-state index in [4.69, 9.17) is 27.8 Å². The molecule has 0 amide bonds. The van der Waals surface area contributed by atoms with Gasteiger partial charge in [-0.3, -0.25) is 9.56 Å². The van der Waals surface area contributed by atoms with Crippen LogP contribution in [-0.2, 0) is 11.2 Å². The predicted molar refractivity (Wildman–Crippen MR) is 162 cm³/mol. The van der Waals surface area contributed by atoms with Crippen LogP contribution in [0.3, 0.4) is 0 Å². The van der Waals surface area contributed by atoms with Gasteiger partial charge < -0.3 is 21.2 Å². The van der Waals surface area contributed by atoms with Crippen molar-refractivity contribution in [2.75, 3.05) is 6.54 Å². The topological polar surface area (TPSA) is 124 Å². The Morgan fingerprint density at radius 3 is 2.73 bits per heavy atom. The van der Waals surface area contributed by atoms with Crippen molar-refractivity contribution in [3.8, 4) is 16.9 Å². The Morgan fingerprint density at radius 1 is 1.22 bits per heavy atom. The minimum absolute atomic E-state index is 0.0133. The van der Waals surface area contributed by atoms with Gasteiger partial charge in [0.15, 0.2) is 11.8 Å². The molecular formula is C31H36ClFN6O2. The largest absolute Gasteiger partial charge is 0.370 e. The molecule has 8 nitrogen and oxygen atoms in total. The quantitative estimate of drug-likeness (QED) is 0.156. The molecular weight excluding hydrogens is 543 g/mol. The van der Waals surface area contributed by atoms with Crippen LogP contribution in [0.2, 0.25) is 5.02 Å². The number of aromatic amines is 1. The van der Waals surface area contributed by atoms with Gasteiger partial charge in [-0.15, -0.1) is 0 Å². The van der Waals surface area contributed by atoms with E-state index in [-0.39, 0.29) is 23.2 Å². The highest BCUT2D eigenvalue weighted by atomic mass is 35.5. The molecule has 41 heavy (non-hydrogen) atoms. The molecule has 1 fully saturated rings. The summed E-state index contributed by atoms with van der Waals surface area (Å²) in [5.41, 5.74) is 14.4. The monoisotopic (exact) mass is 578 g/mol. The van der Waals surface area contributed by atoms with Crippen LogP contribution in [0.15, 0.2) is 58.4 Å². The summed E-state index contributed by atoms with van der Waals surface area (Å²) in [5.74, 6) is 0.196. The molecule has 2 aromatic carbocycles. The van der Waals surface area contributed by atoms with E-state index in [9.17, 15) is 4.79 Å². The molecule has 0 aliphatic carbocycles. The van der Waals surface area contributed by atoms with Gasteiger partial charge in [0.2, 0.25) is 0 Å². The molecule has 0 spiro atoms. The molecule has 5 N–H and O–H groups in total. The van der Waals surface area contributed by atoms with Gasteiger partial charge >= 0.3 is 5.69 Å². The van der Waals surface area contributed by atoms with Gasteiger partial charge in [0.1, 0.15) is 5.65 Å². The molecule has 0 radical (unpaired) electrons. The Morgan fingerprint density at radius 2 is 2.00 bits per heavy atom. The lowest BCUT2D eigenvalue weighted by atomic mass is 10.00. The summed E-state index contributed by atoms with van der Waals surface area (Å²) in [6.45, 7) is 4.91. The average Bonchev–Trinajstić information content (AvgIpc) is 3.57. The molecule has 2 atom stereocenters. The van der Waals surface area contributed by atoms with Gasteiger partial charge in [-0.05, 0) is 79.5 Å². The minimum atomic E-state index is -0.496. The van der Waals surface area contributed by atoms with Crippen molar-refractivity contribution in [2.24, 2.45) is 22.4 Å². The van der Waals surface area contributed by atoms with Crippen LogP contribution in [0, 0.1) is 11.7 Å². The van der Waals surface area contributed by atoms with Crippen LogP contribution in [0.4, 0.5) is 4.39 Å². The van der Waals surface area contributed by atoms with Gasteiger partial charge in [-0.25, -0.2) is 9.18 Å². The van der Waals surface area contributed by atoms with Gasteiger partial charge in [0.05, 0.1) is 28.6 Å². The predicted octanol–water partition coefficient (Wildman–Crippen LogP) is 6.04. The van der Waals surface area contributed by atoms with E-state index >= 15 is 4.39 Å². The molecule has 2 aromatic heterocycles. The van der Waals surface area contributed by atoms with Crippen molar-refractivity contribution in [3.05, 3.63) is 81.1 Å². The third-order valence-electron chi connectivity index (χ3n) is 7.53. The van der Waals surface area contributed by atoms with Crippen molar-refractivity contribution < 1.29 is 9.13 Å². The number of aliphatic imine (C=N–C) groups is 1. The Labute approximate surface area is 243 Å². The molecule has 1 saturated heterocycles. The fourth-order valence-electron chi connectivity index (χ4n) is 5.37. The van der Waals surface area contributed by atoms with Crippen LogP contribution in [0.1, 0.15) is 63.2 Å². The fraction of sp³-hybridized carbons (Fsp3) is 0.387. The van der Waals surface area contributed by atoms with Gasteiger partial charge in [-0.2, -0.15) is 4.98 Å². The van der Waals surface area contributed by atoms with Crippen LogP contribution in [0.25, 0.3) is 28.0 Å². The number of hydrogen-bond acceptors (Lipinski definition) is 4. The number of ether oxygens (including phenoxy) is 1. The highest BCUT2D eigenvalue weighted by Gasteiger charge is 2.26. The number of halogens is 2. The zero-order valence-corrected chi connectivity index (χ0v) is 24.1. The third-order valence-corrected chi connectivity index (χ3v) is 7.80. The first-order valence-corrected chi connectivity index (χ1v) is 14.5. The van der Waals surface area contributed by atoms with E-state index in [2.05, 4.69) is 28.8 Å². The van der Waals surface area contributed by atoms with Crippen LogP contribution in [0.5, 0.6) is 0 Å². The number of fused-ring (bicyclic) bond motifs is 1. The standard InChI is InChI=1S/C31H36ClFN6O2/c1-18(2)4-3-5-19-14-24(28(33)25(32)15-19)26-16-21-17-39(31(40)38-29(21)37-26)22-8-6-20(7-9-22)27-11-10-23(41-27)12-13-36-30(34)35/h6-9,14-18,23,27H,3-5,10-13H2,1-2H3,(H4,34,35,36)(H,37,38,40)/t23-,27+/m0/s1. The summed E-state index contributed by atoms with van der Waals surface area (Å²) in [6.07, 6.45) is 7.33. The summed E-state index contributed by atoms with van der Waals surface area (Å²) in [7, 11) is 0. The van der Waals surface area contributed by atoms with E-state index in [1.54, 1.807) is 18.3 Å². The zero-order valence-electron chi connectivity index (χ0n) is 23.4. The first-order valence-electron chi connectivity index (χ1n) is 14.1. The maximum Gasteiger partial charge on any atom is 0.354 e. The molecule has 1 aliphatic rings. The summed E-state index contributed by atoms with van der Waals surface area (Å²) in [5, 5.41) is 0.770. The van der Waals surface area contributed by atoms with Gasteiger partial charge in [-0.1, -0.05) is 44.0 Å². The number of aromatic nitrogens is 3. The Balaban J connectivity index is 1.35. The summed E-state index contributed by atoms with van der Waals surface area (Å²) in [6, 6.07) is 13.0. The summed E-state index contributed by atoms with van der Waals surface area (Å²) >= 11 is 6.26. The number of H-pyrrole nitrogens is 1. The molecule has 3 heterocycles. The minimum Gasteiger partial charge on any atom is -0.370 e. The smallest absolute Gasteiger partial charge is 0.354 e. The second-order valence-electron chi connectivity index (χ2n) is 11.1. The van der Waals surface area contributed by atoms with Crippen molar-refractivity contribution in [1.82, 2.24) is 14.5 Å². The number of benzene rings is 2. The normalized spacial score (nSPS) is 17.0. The lowest BCUT2D eigenvalue weighted by molar-refractivity contribution is 0.0415. The maximum absolute atomic E-state index is 15.1. The number of nitrogens with zero attached hydrogens (tertiary/aromatic N) is 3. The molecule has 0 saturated carbocycles. The van der Waals surface area contributed by atoms with Gasteiger partial charge in [0, 0.05) is 23.7 Å². The Hall–Kier alpha value is -3.69. The maximum atomic E-state index is 15.1. The van der Waals surface area contributed by atoms with E-state index in [0.29, 0.717) is 40.4 Å². The molecule has 1 aliphatic heterocycles. The first kappa shape index (κ1) is 28.8. The average molecular weight is 579 g/mol. The Bertz CT molecular complexity index is 1610. The third kappa shape index (κ3) is 6.80. The van der Waals surface area contributed by atoms with E-state index in [1.807, 2.05) is 30.3 Å². The van der Waals surface area contributed by atoms with Crippen LogP contribution >= 0.6 is 11.6 Å². The van der Waals surface area contributed by atoms with E-state index in [0.717, 1.165) is 49.7 Å². The molecule has 216 valence electrons.